The molecule has 0 spiro atoms. The molecule has 3 N–H and O–H groups in total. The summed E-state index contributed by atoms with van der Waals surface area (Å²) >= 11 is 1.71. The highest BCUT2D eigenvalue weighted by Crippen LogP contribution is 2.19. The molecule has 0 amide bonds. The Kier molecular flexibility index (Phi) is 7.01. The van der Waals surface area contributed by atoms with Gasteiger partial charge in [0.25, 0.3) is 0 Å². The lowest BCUT2D eigenvalue weighted by atomic mass is 10.1. The number of thioether (sulfide) groups is 1. The third-order valence-electron chi connectivity index (χ3n) is 1.98. The first-order valence-corrected chi connectivity index (χ1v) is 5.50. The second-order valence-electron chi connectivity index (χ2n) is 2.89. The zero-order valence-electron chi connectivity index (χ0n) is 8.14. The minimum absolute atomic E-state index is 0. The van der Waals surface area contributed by atoms with Crippen molar-refractivity contribution < 1.29 is 5.11 Å². The number of hydrogen-bond donors (Lipinski definition) is 2. The molecule has 1 rings (SSSR count). The van der Waals surface area contributed by atoms with Gasteiger partial charge in [0.2, 0.25) is 0 Å². The smallest absolute Gasteiger partial charge is 0.0449 e. The SMILES string of the molecule is CSc1ccc([C@@H](N)CCO)cc1.Cl. The zero-order valence-corrected chi connectivity index (χ0v) is 9.78. The third-order valence-corrected chi connectivity index (χ3v) is 2.73. The quantitative estimate of drug-likeness (QED) is 0.784. The predicted octanol–water partition coefficient (Wildman–Crippen LogP) is 2.21. The van der Waals surface area contributed by atoms with Gasteiger partial charge >= 0.3 is 0 Å². The molecule has 0 aliphatic rings. The van der Waals surface area contributed by atoms with Crippen LogP contribution in [-0.4, -0.2) is 18.0 Å². The first kappa shape index (κ1) is 13.8. The molecule has 0 saturated heterocycles. The highest BCUT2D eigenvalue weighted by molar-refractivity contribution is 7.98. The summed E-state index contributed by atoms with van der Waals surface area (Å²) < 4.78 is 0. The Hall–Kier alpha value is -0.220. The Morgan fingerprint density at radius 3 is 2.36 bits per heavy atom. The Morgan fingerprint density at radius 2 is 1.93 bits per heavy atom. The summed E-state index contributed by atoms with van der Waals surface area (Å²) in [5.41, 5.74) is 6.92. The molecule has 0 unspecified atom stereocenters. The van der Waals surface area contributed by atoms with Crippen molar-refractivity contribution in [3.63, 3.8) is 0 Å². The number of halogens is 1. The van der Waals surface area contributed by atoms with Crippen LogP contribution in [0.4, 0.5) is 0 Å². The largest absolute Gasteiger partial charge is 0.396 e. The van der Waals surface area contributed by atoms with Gasteiger partial charge in [0.15, 0.2) is 0 Å². The van der Waals surface area contributed by atoms with Crippen LogP contribution in [0.25, 0.3) is 0 Å². The average molecular weight is 234 g/mol. The van der Waals surface area contributed by atoms with Gasteiger partial charge in [-0.05, 0) is 30.4 Å². The lowest BCUT2D eigenvalue weighted by Gasteiger charge is -2.10. The fraction of sp³-hybridized carbons (Fsp3) is 0.400. The molecule has 0 aliphatic carbocycles. The second-order valence-corrected chi connectivity index (χ2v) is 3.77. The second kappa shape index (κ2) is 7.12. The molecule has 14 heavy (non-hydrogen) atoms. The van der Waals surface area contributed by atoms with Crippen LogP contribution in [0.3, 0.4) is 0 Å². The topological polar surface area (TPSA) is 46.2 Å². The number of aliphatic hydroxyl groups excluding tert-OH is 1. The Morgan fingerprint density at radius 1 is 1.36 bits per heavy atom. The van der Waals surface area contributed by atoms with Crippen molar-refractivity contribution in [2.75, 3.05) is 12.9 Å². The molecule has 0 fully saturated rings. The number of nitrogens with two attached hydrogens (primary N) is 1. The summed E-state index contributed by atoms with van der Waals surface area (Å²) in [5, 5.41) is 8.71. The molecule has 0 radical (unpaired) electrons. The lowest BCUT2D eigenvalue weighted by molar-refractivity contribution is 0.276. The van der Waals surface area contributed by atoms with E-state index in [-0.39, 0.29) is 25.1 Å². The van der Waals surface area contributed by atoms with Crippen molar-refractivity contribution in [3.8, 4) is 0 Å². The summed E-state index contributed by atoms with van der Waals surface area (Å²) in [5.74, 6) is 0. The van der Waals surface area contributed by atoms with E-state index in [1.165, 1.54) is 4.90 Å². The van der Waals surface area contributed by atoms with Gasteiger partial charge < -0.3 is 10.8 Å². The van der Waals surface area contributed by atoms with Crippen LogP contribution >= 0.6 is 24.2 Å². The number of aliphatic hydroxyl groups is 1. The van der Waals surface area contributed by atoms with E-state index in [1.807, 2.05) is 18.4 Å². The molecule has 0 aromatic heterocycles. The molecule has 0 heterocycles. The van der Waals surface area contributed by atoms with Crippen LogP contribution in [0, 0.1) is 0 Å². The zero-order chi connectivity index (χ0) is 9.68. The summed E-state index contributed by atoms with van der Waals surface area (Å²) in [6.07, 6.45) is 2.67. The highest BCUT2D eigenvalue weighted by Gasteiger charge is 2.03. The fourth-order valence-electron chi connectivity index (χ4n) is 1.16. The Bertz CT molecular complexity index is 253. The van der Waals surface area contributed by atoms with E-state index in [1.54, 1.807) is 11.8 Å². The van der Waals surface area contributed by atoms with Crippen LogP contribution in [0.2, 0.25) is 0 Å². The molecule has 1 aromatic carbocycles. The molecule has 0 saturated carbocycles. The fourth-order valence-corrected chi connectivity index (χ4v) is 1.57. The number of rotatable bonds is 4. The lowest BCUT2D eigenvalue weighted by Crippen LogP contribution is -2.11. The van der Waals surface area contributed by atoms with Crippen molar-refractivity contribution >= 4 is 24.2 Å². The van der Waals surface area contributed by atoms with Crippen molar-refractivity contribution in [1.29, 1.82) is 0 Å². The van der Waals surface area contributed by atoms with Crippen LogP contribution in [0.1, 0.15) is 18.0 Å². The molecule has 1 atom stereocenters. The van der Waals surface area contributed by atoms with Crippen molar-refractivity contribution in [2.45, 2.75) is 17.4 Å². The summed E-state index contributed by atoms with van der Waals surface area (Å²) in [6.45, 7) is 0.144. The van der Waals surface area contributed by atoms with Crippen LogP contribution < -0.4 is 5.73 Å². The van der Waals surface area contributed by atoms with Crippen LogP contribution in [0.15, 0.2) is 29.2 Å². The summed E-state index contributed by atoms with van der Waals surface area (Å²) in [7, 11) is 0. The normalized spacial score (nSPS) is 11.9. The van der Waals surface area contributed by atoms with Crippen LogP contribution in [0.5, 0.6) is 0 Å². The monoisotopic (exact) mass is 233 g/mol. The molecule has 1 aromatic rings. The van der Waals surface area contributed by atoms with Gasteiger partial charge in [-0.1, -0.05) is 12.1 Å². The van der Waals surface area contributed by atoms with E-state index in [9.17, 15) is 0 Å². The van der Waals surface area contributed by atoms with Gasteiger partial charge in [-0.15, -0.1) is 24.2 Å². The minimum atomic E-state index is -0.0408. The maximum absolute atomic E-state index is 8.71. The van der Waals surface area contributed by atoms with E-state index in [0.29, 0.717) is 6.42 Å². The number of hydrogen-bond acceptors (Lipinski definition) is 3. The molecular formula is C10H16ClNOS. The van der Waals surface area contributed by atoms with E-state index < -0.39 is 0 Å². The molecule has 2 nitrogen and oxygen atoms in total. The highest BCUT2D eigenvalue weighted by atomic mass is 35.5. The Balaban J connectivity index is 0.00000169. The maximum atomic E-state index is 8.71. The molecule has 80 valence electrons. The van der Waals surface area contributed by atoms with Crippen LogP contribution in [-0.2, 0) is 0 Å². The van der Waals surface area contributed by atoms with E-state index in [2.05, 4.69) is 12.1 Å². The van der Waals surface area contributed by atoms with Gasteiger partial charge in [-0.25, -0.2) is 0 Å². The van der Waals surface area contributed by atoms with E-state index in [0.717, 1.165) is 5.56 Å². The van der Waals surface area contributed by atoms with E-state index >= 15 is 0 Å². The van der Waals surface area contributed by atoms with Crippen molar-refractivity contribution in [1.82, 2.24) is 0 Å². The van der Waals surface area contributed by atoms with Crippen molar-refractivity contribution in [3.05, 3.63) is 29.8 Å². The van der Waals surface area contributed by atoms with Crippen molar-refractivity contribution in [2.24, 2.45) is 5.73 Å². The van der Waals surface area contributed by atoms with Gasteiger partial charge in [0, 0.05) is 17.5 Å². The molecular weight excluding hydrogens is 218 g/mol. The maximum Gasteiger partial charge on any atom is 0.0449 e. The van der Waals surface area contributed by atoms with Gasteiger partial charge in [-0.2, -0.15) is 0 Å². The van der Waals surface area contributed by atoms with E-state index in [4.69, 9.17) is 10.8 Å². The molecule has 4 heteroatoms. The first-order chi connectivity index (χ1) is 6.27. The third kappa shape index (κ3) is 3.88. The molecule has 0 bridgehead atoms. The molecule has 0 aliphatic heterocycles. The standard InChI is InChI=1S/C10H15NOS.ClH/c1-13-9-4-2-8(3-5-9)10(11)6-7-12;/h2-5,10,12H,6-7,11H2,1H3;1H/t10-;/m0./s1. The number of benzene rings is 1. The summed E-state index contributed by atoms with van der Waals surface area (Å²) in [4.78, 5) is 1.24. The van der Waals surface area contributed by atoms with Gasteiger partial charge in [0.05, 0.1) is 0 Å². The predicted molar refractivity (Wildman–Crippen MR) is 64.1 cm³/mol. The summed E-state index contributed by atoms with van der Waals surface area (Å²) in [6, 6.07) is 8.10. The Labute approximate surface area is 95.3 Å². The van der Waals surface area contributed by atoms with Gasteiger partial charge in [0.1, 0.15) is 0 Å². The first-order valence-electron chi connectivity index (χ1n) is 4.28. The van der Waals surface area contributed by atoms with Gasteiger partial charge in [-0.3, -0.25) is 0 Å². The average Bonchev–Trinajstić information content (AvgIpc) is 2.18. The minimum Gasteiger partial charge on any atom is -0.396 e.